The number of aromatic nitrogens is 3. The number of hydrogen-bond acceptors (Lipinski definition) is 4. The van der Waals surface area contributed by atoms with Gasteiger partial charge in [-0.25, -0.2) is 28.1 Å². The fourth-order valence-corrected chi connectivity index (χ4v) is 1.25. The minimum Gasteiger partial charge on any atom is -0.396 e. The lowest BCUT2D eigenvalue weighted by Gasteiger charge is -2.07. The van der Waals surface area contributed by atoms with Crippen LogP contribution in [0.1, 0.15) is 6.42 Å². The Hall–Kier alpha value is -1.63. The Balaban J connectivity index is 3.47. The third-order valence-corrected chi connectivity index (χ3v) is 2.15. The van der Waals surface area contributed by atoms with E-state index >= 15 is 0 Å². The summed E-state index contributed by atoms with van der Waals surface area (Å²) in [5.41, 5.74) is -1.96. The molecule has 0 fully saturated rings. The molecule has 0 saturated carbocycles. The Labute approximate surface area is 84.8 Å². The molecule has 1 heterocycles. The molecule has 0 aliphatic heterocycles. The molecule has 0 amide bonds. The van der Waals surface area contributed by atoms with Gasteiger partial charge < -0.3 is 5.11 Å². The summed E-state index contributed by atoms with van der Waals surface area (Å²) in [6, 6.07) is 0. The summed E-state index contributed by atoms with van der Waals surface area (Å²) in [5.74, 6) is 0. The number of aliphatic hydroxyl groups is 1. The fraction of sp³-hybridized carbons (Fsp3) is 0.625. The zero-order chi connectivity index (χ0) is 11.6. The van der Waals surface area contributed by atoms with E-state index in [4.69, 9.17) is 5.11 Å². The summed E-state index contributed by atoms with van der Waals surface area (Å²) in [6.07, 6.45) is 0.299. The molecule has 7 heteroatoms. The van der Waals surface area contributed by atoms with E-state index in [0.29, 0.717) is 6.42 Å². The van der Waals surface area contributed by atoms with Crippen molar-refractivity contribution in [3.8, 4) is 0 Å². The van der Waals surface area contributed by atoms with Crippen molar-refractivity contribution in [2.45, 2.75) is 13.0 Å². The van der Waals surface area contributed by atoms with Crippen molar-refractivity contribution in [3.63, 3.8) is 0 Å². The van der Waals surface area contributed by atoms with Crippen LogP contribution < -0.4 is 17.1 Å². The van der Waals surface area contributed by atoms with Crippen molar-refractivity contribution in [2.24, 2.45) is 14.1 Å². The summed E-state index contributed by atoms with van der Waals surface area (Å²) in [7, 11) is 2.61. The SMILES string of the molecule is Cn1c(=O)n(C)c(=O)n(CCCO)c1=O. The highest BCUT2D eigenvalue weighted by atomic mass is 16.3. The van der Waals surface area contributed by atoms with Crippen LogP contribution in [-0.4, -0.2) is 25.4 Å². The van der Waals surface area contributed by atoms with E-state index in [0.717, 1.165) is 13.7 Å². The number of hydrogen-bond donors (Lipinski definition) is 1. The van der Waals surface area contributed by atoms with Gasteiger partial charge in [0, 0.05) is 27.2 Å². The average molecular weight is 215 g/mol. The number of nitrogens with zero attached hydrogens (tertiary/aromatic N) is 3. The van der Waals surface area contributed by atoms with Gasteiger partial charge in [0.05, 0.1) is 0 Å². The lowest BCUT2D eigenvalue weighted by Crippen LogP contribution is -2.52. The first-order chi connectivity index (χ1) is 7.00. The van der Waals surface area contributed by atoms with Crippen LogP contribution >= 0.6 is 0 Å². The van der Waals surface area contributed by atoms with E-state index in [1.54, 1.807) is 0 Å². The molecule has 1 aromatic heterocycles. The molecule has 0 aromatic carbocycles. The predicted octanol–water partition coefficient (Wildman–Crippen LogP) is -2.37. The van der Waals surface area contributed by atoms with E-state index in [-0.39, 0.29) is 13.2 Å². The van der Waals surface area contributed by atoms with E-state index in [9.17, 15) is 14.4 Å². The van der Waals surface area contributed by atoms with Crippen LogP contribution in [0.4, 0.5) is 0 Å². The minimum absolute atomic E-state index is 0.107. The fourth-order valence-electron chi connectivity index (χ4n) is 1.25. The zero-order valence-electron chi connectivity index (χ0n) is 8.63. The van der Waals surface area contributed by atoms with Crippen LogP contribution in [0.3, 0.4) is 0 Å². The van der Waals surface area contributed by atoms with Crippen LogP contribution in [0.15, 0.2) is 14.4 Å². The molecule has 0 atom stereocenters. The molecule has 0 radical (unpaired) electrons. The summed E-state index contributed by atoms with van der Waals surface area (Å²) in [4.78, 5) is 34.3. The molecule has 15 heavy (non-hydrogen) atoms. The molecule has 1 aromatic rings. The maximum absolute atomic E-state index is 11.5. The normalized spacial score (nSPS) is 10.6. The Kier molecular flexibility index (Phi) is 3.25. The van der Waals surface area contributed by atoms with Gasteiger partial charge in [-0.15, -0.1) is 0 Å². The zero-order valence-corrected chi connectivity index (χ0v) is 8.63. The Morgan fingerprint density at radius 2 is 1.47 bits per heavy atom. The molecule has 0 saturated heterocycles. The second-order valence-electron chi connectivity index (χ2n) is 3.19. The van der Waals surface area contributed by atoms with Gasteiger partial charge in [-0.1, -0.05) is 0 Å². The van der Waals surface area contributed by atoms with E-state index in [2.05, 4.69) is 0 Å². The standard InChI is InChI=1S/C8H13N3O4/c1-9-6(13)10(2)8(15)11(7(9)14)4-3-5-12/h12H,3-5H2,1-2H3. The average Bonchev–Trinajstić information content (AvgIpc) is 2.24. The molecule has 0 spiro atoms. The number of rotatable bonds is 3. The third kappa shape index (κ3) is 1.91. The first-order valence-electron chi connectivity index (χ1n) is 4.48. The lowest BCUT2D eigenvalue weighted by atomic mass is 10.4. The largest absolute Gasteiger partial charge is 0.396 e. The molecule has 7 nitrogen and oxygen atoms in total. The Morgan fingerprint density at radius 1 is 1.00 bits per heavy atom. The van der Waals surface area contributed by atoms with Crippen molar-refractivity contribution in [3.05, 3.63) is 31.5 Å². The third-order valence-electron chi connectivity index (χ3n) is 2.15. The molecule has 0 aliphatic rings. The maximum atomic E-state index is 11.5. The first-order valence-corrected chi connectivity index (χ1v) is 4.48. The Morgan fingerprint density at radius 3 is 1.87 bits per heavy atom. The van der Waals surface area contributed by atoms with Gasteiger partial charge in [-0.2, -0.15) is 0 Å². The van der Waals surface area contributed by atoms with Crippen molar-refractivity contribution < 1.29 is 5.11 Å². The summed E-state index contributed by atoms with van der Waals surface area (Å²) in [5, 5.41) is 8.61. The number of aliphatic hydroxyl groups excluding tert-OH is 1. The van der Waals surface area contributed by atoms with Crippen molar-refractivity contribution >= 4 is 0 Å². The van der Waals surface area contributed by atoms with Crippen LogP contribution in [0.2, 0.25) is 0 Å². The van der Waals surface area contributed by atoms with E-state index in [1.165, 1.54) is 14.1 Å². The van der Waals surface area contributed by atoms with Crippen LogP contribution in [-0.2, 0) is 20.6 Å². The van der Waals surface area contributed by atoms with Crippen molar-refractivity contribution in [1.29, 1.82) is 0 Å². The molecule has 84 valence electrons. The molecular weight excluding hydrogens is 202 g/mol. The van der Waals surface area contributed by atoms with Gasteiger partial charge in [0.25, 0.3) is 0 Å². The van der Waals surface area contributed by atoms with Gasteiger partial charge in [0.15, 0.2) is 0 Å². The highest BCUT2D eigenvalue weighted by Gasteiger charge is 2.09. The van der Waals surface area contributed by atoms with Gasteiger partial charge >= 0.3 is 17.1 Å². The topological polar surface area (TPSA) is 86.2 Å². The molecule has 0 aliphatic carbocycles. The van der Waals surface area contributed by atoms with E-state index < -0.39 is 17.1 Å². The highest BCUT2D eigenvalue weighted by Crippen LogP contribution is 1.78. The van der Waals surface area contributed by atoms with E-state index in [1.807, 2.05) is 0 Å². The van der Waals surface area contributed by atoms with Crippen LogP contribution in [0.5, 0.6) is 0 Å². The monoisotopic (exact) mass is 215 g/mol. The second-order valence-corrected chi connectivity index (χ2v) is 3.19. The summed E-state index contributed by atoms with van der Waals surface area (Å²) < 4.78 is 2.65. The summed E-state index contributed by atoms with van der Waals surface area (Å²) >= 11 is 0. The quantitative estimate of drug-likeness (QED) is 0.610. The van der Waals surface area contributed by atoms with Crippen molar-refractivity contribution in [1.82, 2.24) is 13.7 Å². The van der Waals surface area contributed by atoms with Gasteiger partial charge in [0.2, 0.25) is 0 Å². The van der Waals surface area contributed by atoms with Crippen molar-refractivity contribution in [2.75, 3.05) is 6.61 Å². The van der Waals surface area contributed by atoms with Gasteiger partial charge in [-0.05, 0) is 6.42 Å². The van der Waals surface area contributed by atoms with Crippen LogP contribution in [0.25, 0.3) is 0 Å². The Bertz CT molecular complexity index is 482. The summed E-state index contributed by atoms with van der Waals surface area (Å²) in [6.45, 7) is -0.00540. The maximum Gasteiger partial charge on any atom is 0.336 e. The van der Waals surface area contributed by atoms with Crippen LogP contribution in [0, 0.1) is 0 Å². The van der Waals surface area contributed by atoms with Gasteiger partial charge in [0.1, 0.15) is 0 Å². The molecule has 1 N–H and O–H groups in total. The molecule has 0 bridgehead atoms. The predicted molar refractivity (Wildman–Crippen MR) is 52.9 cm³/mol. The second kappa shape index (κ2) is 4.26. The molecular formula is C8H13N3O4. The minimum atomic E-state index is -0.656. The smallest absolute Gasteiger partial charge is 0.336 e. The first kappa shape index (κ1) is 11.4. The molecule has 0 unspecified atom stereocenters. The lowest BCUT2D eigenvalue weighted by molar-refractivity contribution is 0.275. The highest BCUT2D eigenvalue weighted by molar-refractivity contribution is 4.75. The van der Waals surface area contributed by atoms with Gasteiger partial charge in [-0.3, -0.25) is 0 Å². The molecule has 1 rings (SSSR count).